The highest BCUT2D eigenvalue weighted by Gasteiger charge is 2.17. The van der Waals surface area contributed by atoms with Crippen LogP contribution < -0.4 is 11.3 Å². The first-order valence-electron chi connectivity index (χ1n) is 4.76. The van der Waals surface area contributed by atoms with Crippen molar-refractivity contribution in [3.05, 3.63) is 22.7 Å². The molecule has 0 aromatic carbocycles. The lowest BCUT2D eigenvalue weighted by Gasteiger charge is -2.21. The van der Waals surface area contributed by atoms with Gasteiger partial charge in [-0.3, -0.25) is 4.79 Å². The van der Waals surface area contributed by atoms with E-state index in [0.717, 1.165) is 5.52 Å². The molecule has 0 saturated heterocycles. The Balaban J connectivity index is 2.86. The number of aromatic amines is 1. The number of imidazole rings is 1. The normalized spacial score (nSPS) is 12.2. The zero-order valence-corrected chi connectivity index (χ0v) is 9.03. The molecular formula is C10H14N4O. The molecule has 0 bridgehead atoms. The van der Waals surface area contributed by atoms with Crippen LogP contribution in [0.3, 0.4) is 0 Å². The van der Waals surface area contributed by atoms with Crippen LogP contribution in [0.15, 0.2) is 17.2 Å². The minimum Gasteiger partial charge on any atom is -0.385 e. The number of hydrogen-bond acceptors (Lipinski definition) is 3. The third-order valence-corrected chi connectivity index (χ3v) is 2.29. The molecule has 0 spiro atoms. The van der Waals surface area contributed by atoms with Gasteiger partial charge in [0.15, 0.2) is 5.52 Å². The fraction of sp³-hybridized carbons (Fsp3) is 0.400. The molecule has 80 valence electrons. The summed E-state index contributed by atoms with van der Waals surface area (Å²) in [6.45, 7) is 6.14. The first-order valence-corrected chi connectivity index (χ1v) is 4.76. The largest absolute Gasteiger partial charge is 0.385 e. The van der Waals surface area contributed by atoms with E-state index in [2.05, 4.69) is 9.97 Å². The van der Waals surface area contributed by atoms with E-state index in [0.29, 0.717) is 11.3 Å². The van der Waals surface area contributed by atoms with Gasteiger partial charge in [0.2, 0.25) is 0 Å². The standard InChI is InChI=1S/C10H14N4O/c1-10(2,3)14-5-12-8-6(14)4-7(11)13-9(8)15/h4-5H,1-3H3,(H3,11,13,15). The maximum atomic E-state index is 11.5. The number of pyridine rings is 1. The quantitative estimate of drug-likeness (QED) is 0.676. The van der Waals surface area contributed by atoms with Crippen LogP contribution in [0.2, 0.25) is 0 Å². The summed E-state index contributed by atoms with van der Waals surface area (Å²) in [6, 6.07) is 1.73. The fourth-order valence-corrected chi connectivity index (χ4v) is 1.58. The molecule has 0 aliphatic heterocycles. The molecule has 0 radical (unpaired) electrons. The van der Waals surface area contributed by atoms with Crippen LogP contribution in [0.1, 0.15) is 20.8 Å². The van der Waals surface area contributed by atoms with Gasteiger partial charge in [-0.15, -0.1) is 0 Å². The predicted molar refractivity (Wildman–Crippen MR) is 59.8 cm³/mol. The van der Waals surface area contributed by atoms with Gasteiger partial charge in [-0.2, -0.15) is 0 Å². The molecule has 15 heavy (non-hydrogen) atoms. The van der Waals surface area contributed by atoms with E-state index in [-0.39, 0.29) is 11.1 Å². The second-order valence-corrected chi connectivity index (χ2v) is 4.57. The lowest BCUT2D eigenvalue weighted by molar-refractivity contribution is 0.408. The number of anilines is 1. The van der Waals surface area contributed by atoms with Crippen LogP contribution >= 0.6 is 0 Å². The third kappa shape index (κ3) is 1.49. The zero-order valence-electron chi connectivity index (χ0n) is 9.03. The summed E-state index contributed by atoms with van der Waals surface area (Å²) in [5.74, 6) is 0.360. The molecule has 2 rings (SSSR count). The number of hydrogen-bond donors (Lipinski definition) is 2. The molecule has 2 aromatic rings. The summed E-state index contributed by atoms with van der Waals surface area (Å²) in [6.07, 6.45) is 1.67. The Morgan fingerprint density at radius 1 is 1.47 bits per heavy atom. The number of nitrogen functional groups attached to an aromatic ring is 1. The molecular weight excluding hydrogens is 192 g/mol. The van der Waals surface area contributed by atoms with Gasteiger partial charge in [-0.05, 0) is 20.8 Å². The monoisotopic (exact) mass is 206 g/mol. The number of aromatic nitrogens is 3. The number of fused-ring (bicyclic) bond motifs is 1. The molecule has 0 amide bonds. The molecule has 3 N–H and O–H groups in total. The number of nitrogens with one attached hydrogen (secondary N) is 1. The smallest absolute Gasteiger partial charge is 0.277 e. The van der Waals surface area contributed by atoms with Crippen molar-refractivity contribution in [2.24, 2.45) is 0 Å². The molecule has 0 saturated carbocycles. The van der Waals surface area contributed by atoms with Gasteiger partial charge >= 0.3 is 0 Å². The van der Waals surface area contributed by atoms with Crippen molar-refractivity contribution in [3.63, 3.8) is 0 Å². The van der Waals surface area contributed by atoms with E-state index >= 15 is 0 Å². The summed E-state index contributed by atoms with van der Waals surface area (Å²) in [5.41, 5.74) is 6.44. The Bertz CT molecular complexity index is 559. The van der Waals surface area contributed by atoms with Crippen LogP contribution in [0.25, 0.3) is 11.0 Å². The van der Waals surface area contributed by atoms with Gasteiger partial charge in [0.1, 0.15) is 5.82 Å². The van der Waals surface area contributed by atoms with Crippen LogP contribution in [-0.4, -0.2) is 14.5 Å². The highest BCUT2D eigenvalue weighted by molar-refractivity contribution is 5.76. The summed E-state index contributed by atoms with van der Waals surface area (Å²) < 4.78 is 1.94. The Morgan fingerprint density at radius 3 is 2.73 bits per heavy atom. The topological polar surface area (TPSA) is 76.7 Å². The zero-order chi connectivity index (χ0) is 11.2. The van der Waals surface area contributed by atoms with E-state index in [9.17, 15) is 4.79 Å². The van der Waals surface area contributed by atoms with Gasteiger partial charge in [0.05, 0.1) is 11.8 Å². The molecule has 0 aliphatic carbocycles. The van der Waals surface area contributed by atoms with Crippen LogP contribution in [0, 0.1) is 0 Å². The van der Waals surface area contributed by atoms with E-state index in [1.165, 1.54) is 0 Å². The average molecular weight is 206 g/mol. The minimum atomic E-state index is -0.243. The van der Waals surface area contributed by atoms with E-state index in [1.807, 2.05) is 25.3 Å². The minimum absolute atomic E-state index is 0.116. The summed E-state index contributed by atoms with van der Waals surface area (Å²) in [7, 11) is 0. The summed E-state index contributed by atoms with van der Waals surface area (Å²) >= 11 is 0. The van der Waals surface area contributed by atoms with Gasteiger partial charge in [-0.25, -0.2) is 4.98 Å². The Morgan fingerprint density at radius 2 is 2.13 bits per heavy atom. The van der Waals surface area contributed by atoms with Gasteiger partial charge in [-0.1, -0.05) is 0 Å². The molecule has 2 heterocycles. The molecule has 0 atom stereocenters. The Labute approximate surface area is 86.9 Å². The van der Waals surface area contributed by atoms with E-state index in [1.54, 1.807) is 12.4 Å². The van der Waals surface area contributed by atoms with Crippen LogP contribution in [0.4, 0.5) is 5.82 Å². The fourth-order valence-electron chi connectivity index (χ4n) is 1.58. The van der Waals surface area contributed by atoms with Crippen LogP contribution in [0.5, 0.6) is 0 Å². The lowest BCUT2D eigenvalue weighted by atomic mass is 10.1. The second kappa shape index (κ2) is 2.85. The van der Waals surface area contributed by atoms with Crippen molar-refractivity contribution in [1.29, 1.82) is 0 Å². The number of rotatable bonds is 0. The van der Waals surface area contributed by atoms with Crippen LogP contribution in [-0.2, 0) is 5.54 Å². The third-order valence-electron chi connectivity index (χ3n) is 2.29. The molecule has 5 nitrogen and oxygen atoms in total. The van der Waals surface area contributed by atoms with Gasteiger partial charge in [0, 0.05) is 11.6 Å². The van der Waals surface area contributed by atoms with Crippen molar-refractivity contribution in [2.45, 2.75) is 26.3 Å². The molecule has 5 heteroatoms. The Hall–Kier alpha value is -1.78. The van der Waals surface area contributed by atoms with E-state index < -0.39 is 0 Å². The average Bonchev–Trinajstić information content (AvgIpc) is 2.45. The molecule has 0 aliphatic rings. The van der Waals surface area contributed by atoms with Crippen molar-refractivity contribution in [1.82, 2.24) is 14.5 Å². The number of H-pyrrole nitrogens is 1. The SMILES string of the molecule is CC(C)(C)n1cnc2c(=O)[nH]c(N)cc21. The van der Waals surface area contributed by atoms with Gasteiger partial charge in [0.25, 0.3) is 5.56 Å². The van der Waals surface area contributed by atoms with Gasteiger partial charge < -0.3 is 15.3 Å². The summed E-state index contributed by atoms with van der Waals surface area (Å²) in [4.78, 5) is 18.1. The summed E-state index contributed by atoms with van der Waals surface area (Å²) in [5, 5.41) is 0. The second-order valence-electron chi connectivity index (χ2n) is 4.57. The highest BCUT2D eigenvalue weighted by atomic mass is 16.1. The van der Waals surface area contributed by atoms with Crippen molar-refractivity contribution in [3.8, 4) is 0 Å². The maximum Gasteiger partial charge on any atom is 0.277 e. The lowest BCUT2D eigenvalue weighted by Crippen LogP contribution is -2.21. The maximum absolute atomic E-state index is 11.5. The van der Waals surface area contributed by atoms with Crippen molar-refractivity contribution < 1.29 is 0 Å². The van der Waals surface area contributed by atoms with E-state index in [4.69, 9.17) is 5.73 Å². The molecule has 0 unspecified atom stereocenters. The first-order chi connectivity index (χ1) is 6.89. The Kier molecular flexibility index (Phi) is 1.86. The molecule has 2 aromatic heterocycles. The number of nitrogens with two attached hydrogens (primary N) is 1. The highest BCUT2D eigenvalue weighted by Crippen LogP contribution is 2.20. The van der Waals surface area contributed by atoms with Crippen molar-refractivity contribution in [2.75, 3.05) is 5.73 Å². The van der Waals surface area contributed by atoms with Crippen molar-refractivity contribution >= 4 is 16.9 Å². The molecule has 0 fully saturated rings. The predicted octanol–water partition coefficient (Wildman–Crippen LogP) is 1.06. The first kappa shape index (κ1) is 9.76. The number of nitrogens with zero attached hydrogens (tertiary/aromatic N) is 2.